The molecule has 5 saturated heterocycles. The summed E-state index contributed by atoms with van der Waals surface area (Å²) in [5, 5.41) is 77.3. The molecule has 4 aliphatic carbocycles. The van der Waals surface area contributed by atoms with Crippen LogP contribution in [0.2, 0.25) is 0 Å². The van der Waals surface area contributed by atoms with Crippen LogP contribution in [0.4, 0.5) is 0 Å². The highest BCUT2D eigenvalue weighted by atomic mass is 32.3. The summed E-state index contributed by atoms with van der Waals surface area (Å²) in [5.74, 6) is -1.27. The normalized spacial score (nSPS) is 49.7. The lowest BCUT2D eigenvalue weighted by molar-refractivity contribution is -0.377. The summed E-state index contributed by atoms with van der Waals surface area (Å²) in [7, 11) is -3.88. The van der Waals surface area contributed by atoms with Crippen molar-refractivity contribution in [3.8, 4) is 0 Å². The number of methoxy groups -OCH3 is 1. The molecule has 24 nitrogen and oxygen atoms in total. The van der Waals surface area contributed by atoms with Gasteiger partial charge < -0.3 is 87.9 Å². The van der Waals surface area contributed by atoms with Crippen LogP contribution in [-0.4, -0.2) is 210 Å². The minimum absolute atomic E-state index is 0.0335. The van der Waals surface area contributed by atoms with E-state index in [9.17, 15) is 58.3 Å². The van der Waals surface area contributed by atoms with E-state index in [1.807, 2.05) is 6.92 Å². The van der Waals surface area contributed by atoms with Crippen LogP contribution in [-0.2, 0) is 76.3 Å². The number of rotatable bonds is 17. The second-order valence-corrected chi connectivity index (χ2v) is 27.5. The molecule has 9 aliphatic rings. The number of carbonyl (C=O) groups is 2. The molecule has 464 valence electrons. The van der Waals surface area contributed by atoms with Crippen LogP contribution in [0.5, 0.6) is 0 Å². The zero-order chi connectivity index (χ0) is 59.3. The van der Waals surface area contributed by atoms with E-state index in [1.54, 1.807) is 13.8 Å². The van der Waals surface area contributed by atoms with Gasteiger partial charge in [-0.1, -0.05) is 66.5 Å². The molecule has 0 amide bonds. The minimum atomic E-state index is -5.11. The zero-order valence-corrected chi connectivity index (χ0v) is 49.3. The van der Waals surface area contributed by atoms with E-state index < -0.39 is 175 Å². The van der Waals surface area contributed by atoms with E-state index >= 15 is 0 Å². The Morgan fingerprint density at radius 1 is 0.790 bits per heavy atom. The number of ether oxygens (including phenoxy) is 11. The van der Waals surface area contributed by atoms with Crippen LogP contribution in [0.25, 0.3) is 0 Å². The Bertz CT molecular complexity index is 2390. The predicted octanol–water partition coefficient (Wildman–Crippen LogP) is 1.98. The Morgan fingerprint density at radius 3 is 2.11 bits per heavy atom. The van der Waals surface area contributed by atoms with Gasteiger partial charge in [0.25, 0.3) is 0 Å². The number of aliphatic hydroxyl groups excluding tert-OH is 7. The van der Waals surface area contributed by atoms with Crippen LogP contribution in [0.1, 0.15) is 127 Å². The van der Waals surface area contributed by atoms with Crippen molar-refractivity contribution >= 4 is 22.3 Å². The first-order valence-corrected chi connectivity index (χ1v) is 30.4. The Kier molecular flexibility index (Phi) is 18.4. The molecule has 25 heteroatoms. The summed E-state index contributed by atoms with van der Waals surface area (Å²) < 4.78 is 106. The third-order valence-corrected chi connectivity index (χ3v) is 21.2. The molecule has 0 aromatic rings. The molecular formula is C56H90O24S. The molecule has 0 bridgehead atoms. The fourth-order valence-electron chi connectivity index (χ4n) is 16.7. The quantitative estimate of drug-likeness (QED) is 0.0586. The minimum Gasteiger partial charge on any atom is -0.462 e. The monoisotopic (exact) mass is 1180 g/mol. The smallest absolute Gasteiger partial charge is 0.397 e. The first-order valence-electron chi connectivity index (χ1n) is 29.0. The van der Waals surface area contributed by atoms with E-state index in [4.69, 9.17) is 56.3 Å². The number of esters is 2. The molecule has 3 saturated carbocycles. The van der Waals surface area contributed by atoms with Crippen molar-refractivity contribution in [2.45, 2.75) is 249 Å². The Morgan fingerprint density at radius 2 is 1.46 bits per heavy atom. The summed E-state index contributed by atoms with van der Waals surface area (Å²) in [5.41, 5.74) is -1.92. The topological polar surface area (TPSA) is 341 Å². The maximum Gasteiger partial charge on any atom is 0.397 e. The molecule has 27 unspecified atom stereocenters. The molecule has 0 aromatic heterocycles. The molecular weight excluding hydrogens is 1090 g/mol. The maximum absolute atomic E-state index is 14.7. The van der Waals surface area contributed by atoms with Gasteiger partial charge in [0.2, 0.25) is 0 Å². The number of allylic oxidation sites excluding steroid dienone is 2. The van der Waals surface area contributed by atoms with Crippen LogP contribution >= 0.6 is 0 Å². The van der Waals surface area contributed by atoms with Gasteiger partial charge in [-0.2, -0.15) is 8.42 Å². The van der Waals surface area contributed by atoms with Crippen molar-refractivity contribution in [1.29, 1.82) is 0 Å². The Balaban J connectivity index is 0.906. The molecule has 5 heterocycles. The standard InChI is InChI=1S/C56H90O24S/c1-25(2)13-12-18-55(10)46-32(73-28(5)58)21-54(9)30-14-15-35-52(6,7)36(17-19-53(35,8)29(30)16-20-56(46,54)51(65)79-55)75-50-45(39(62)34(24-71-50)80-81(66,67)68)78-47-26(3)37(60)42(27(4)72-47)76-48-40(63)43(31(59)23-70-48)77-49-41(64)44(69-11)38(61)33(22-57)74-49/h14,25-27,29,31-50,57,59-64H,12-13,15-24H2,1-11H3,(H,66,67,68). The molecule has 1 spiro atoms. The summed E-state index contributed by atoms with van der Waals surface area (Å²) in [6.45, 7) is 18.1. The molecule has 9 rings (SSSR count). The Hall–Kier alpha value is -2.09. The highest BCUT2D eigenvalue weighted by molar-refractivity contribution is 7.80. The highest BCUT2D eigenvalue weighted by Crippen LogP contribution is 2.77. The number of aliphatic hydroxyl groups is 7. The molecule has 0 radical (unpaired) electrons. The van der Waals surface area contributed by atoms with Crippen molar-refractivity contribution in [3.63, 3.8) is 0 Å². The van der Waals surface area contributed by atoms with Gasteiger partial charge in [-0.3, -0.25) is 14.1 Å². The van der Waals surface area contributed by atoms with Gasteiger partial charge in [0.15, 0.2) is 25.2 Å². The van der Waals surface area contributed by atoms with Gasteiger partial charge in [0.1, 0.15) is 78.8 Å². The lowest BCUT2D eigenvalue weighted by Crippen LogP contribution is -2.64. The summed E-state index contributed by atoms with van der Waals surface area (Å²) in [6, 6.07) is 0. The molecule has 0 aromatic carbocycles. The third-order valence-electron chi connectivity index (χ3n) is 20.8. The average molecular weight is 1180 g/mol. The number of hydrogen-bond acceptors (Lipinski definition) is 23. The van der Waals surface area contributed by atoms with E-state index in [0.29, 0.717) is 44.4 Å². The van der Waals surface area contributed by atoms with Crippen molar-refractivity contribution in [3.05, 3.63) is 11.6 Å². The lowest BCUT2D eigenvalue weighted by atomic mass is 9.41. The van der Waals surface area contributed by atoms with E-state index in [2.05, 4.69) is 47.6 Å². The fourth-order valence-corrected chi connectivity index (χ4v) is 17.2. The van der Waals surface area contributed by atoms with Gasteiger partial charge in [0, 0.05) is 25.4 Å². The predicted molar refractivity (Wildman–Crippen MR) is 279 cm³/mol. The van der Waals surface area contributed by atoms with E-state index in [-0.39, 0.29) is 35.1 Å². The summed E-state index contributed by atoms with van der Waals surface area (Å²) in [6.07, 6.45) is -17.2. The maximum atomic E-state index is 14.7. The number of cyclic esters (lactones) is 1. The van der Waals surface area contributed by atoms with Crippen molar-refractivity contribution < 1.29 is 115 Å². The van der Waals surface area contributed by atoms with Crippen molar-refractivity contribution in [2.75, 3.05) is 26.9 Å². The van der Waals surface area contributed by atoms with E-state index in [1.165, 1.54) is 19.6 Å². The lowest BCUT2D eigenvalue weighted by Gasteiger charge is -2.64. The number of carbonyl (C=O) groups excluding carboxylic acids is 2. The van der Waals surface area contributed by atoms with Crippen molar-refractivity contribution in [1.82, 2.24) is 0 Å². The van der Waals surface area contributed by atoms with E-state index in [0.717, 1.165) is 19.3 Å². The van der Waals surface area contributed by atoms with Gasteiger partial charge in [0.05, 0.1) is 49.5 Å². The van der Waals surface area contributed by atoms with Crippen LogP contribution in [0, 0.1) is 51.2 Å². The SMILES string of the molecule is COC1C(O)C(CO)OC(OC2C(O)COC(OC3C(C)OC(OC4C(OC5CCC6(C)C7CCC89C(=O)OC(C)(CCCC(C)C)C8C(OC(C)=O)CC9(C)C7=CCC6C5(C)C)OCC(OS(=O)(=O)O)C4O)C(C)C3O)C2O)C1O. The molecule has 27 atom stereocenters. The second-order valence-electron chi connectivity index (χ2n) is 26.4. The first-order chi connectivity index (χ1) is 37.9. The average Bonchev–Trinajstić information content (AvgIpc) is 1.75. The number of fused-ring (bicyclic) bond motifs is 4. The van der Waals surface area contributed by atoms with Gasteiger partial charge >= 0.3 is 22.3 Å². The van der Waals surface area contributed by atoms with Gasteiger partial charge in [-0.15, -0.1) is 0 Å². The largest absolute Gasteiger partial charge is 0.462 e. The molecule has 8 fully saturated rings. The van der Waals surface area contributed by atoms with Crippen molar-refractivity contribution in [2.24, 2.45) is 51.2 Å². The van der Waals surface area contributed by atoms with Gasteiger partial charge in [-0.05, 0) is 93.8 Å². The zero-order valence-electron chi connectivity index (χ0n) is 48.4. The van der Waals surface area contributed by atoms with Crippen LogP contribution < -0.4 is 0 Å². The Labute approximate surface area is 474 Å². The summed E-state index contributed by atoms with van der Waals surface area (Å²) >= 11 is 0. The second kappa shape index (κ2) is 23.5. The summed E-state index contributed by atoms with van der Waals surface area (Å²) in [4.78, 5) is 27.5. The van der Waals surface area contributed by atoms with Crippen LogP contribution in [0.15, 0.2) is 11.6 Å². The first kappa shape index (κ1) is 63.4. The molecule has 81 heavy (non-hydrogen) atoms. The molecule has 5 aliphatic heterocycles. The fraction of sp³-hybridized carbons (Fsp3) is 0.929. The molecule has 8 N–H and O–H groups in total. The number of hydrogen-bond donors (Lipinski definition) is 8. The van der Waals surface area contributed by atoms with Gasteiger partial charge in [-0.25, -0.2) is 4.18 Å². The third kappa shape index (κ3) is 11.2. The highest BCUT2D eigenvalue weighted by Gasteiger charge is 2.79. The van der Waals surface area contributed by atoms with Crippen LogP contribution in [0.3, 0.4) is 0 Å².